The van der Waals surface area contributed by atoms with E-state index in [9.17, 15) is 9.90 Å². The highest BCUT2D eigenvalue weighted by molar-refractivity contribution is 5.81. The lowest BCUT2D eigenvalue weighted by Crippen LogP contribution is -2.61. The number of carbonyl (C=O) groups is 1. The molecular formula is C21H29NO2. The van der Waals surface area contributed by atoms with Crippen LogP contribution in [0.5, 0.6) is 0 Å². The molecule has 1 aliphatic heterocycles. The molecule has 4 rings (SSSR count). The van der Waals surface area contributed by atoms with Gasteiger partial charge in [-0.25, -0.2) is 0 Å². The first-order valence-electron chi connectivity index (χ1n) is 9.36. The molecule has 1 saturated heterocycles. The van der Waals surface area contributed by atoms with E-state index in [0.29, 0.717) is 24.2 Å². The predicted molar refractivity (Wildman–Crippen MR) is 94.9 cm³/mol. The van der Waals surface area contributed by atoms with Gasteiger partial charge in [-0.3, -0.25) is 4.79 Å². The molecule has 3 fully saturated rings. The summed E-state index contributed by atoms with van der Waals surface area (Å²) in [5.74, 6) is 1.00. The number of likely N-dealkylation sites (tertiary alicyclic amines) is 1. The highest BCUT2D eigenvalue weighted by Gasteiger charge is 2.53. The summed E-state index contributed by atoms with van der Waals surface area (Å²) in [6.07, 6.45) is 5.01. The number of amides is 1. The minimum atomic E-state index is -0.607. The largest absolute Gasteiger partial charge is 0.390 e. The maximum absolute atomic E-state index is 12.5. The smallest absolute Gasteiger partial charge is 0.225 e. The van der Waals surface area contributed by atoms with Gasteiger partial charge < -0.3 is 10.0 Å². The van der Waals surface area contributed by atoms with Crippen molar-refractivity contribution in [2.24, 2.45) is 11.3 Å². The summed E-state index contributed by atoms with van der Waals surface area (Å²) < 4.78 is 0. The second-order valence-electron chi connectivity index (χ2n) is 9.04. The van der Waals surface area contributed by atoms with Crippen LogP contribution in [0.2, 0.25) is 0 Å². The minimum Gasteiger partial charge on any atom is -0.390 e. The molecule has 1 amide bonds. The maximum atomic E-state index is 12.5. The van der Waals surface area contributed by atoms with E-state index in [-0.39, 0.29) is 11.8 Å². The fraction of sp³-hybridized carbons (Fsp3) is 0.667. The third-order valence-corrected chi connectivity index (χ3v) is 6.74. The highest BCUT2D eigenvalue weighted by Crippen LogP contribution is 2.53. The van der Waals surface area contributed by atoms with Crippen molar-refractivity contribution < 1.29 is 9.90 Å². The molecule has 0 aromatic heterocycles. The lowest BCUT2D eigenvalue weighted by molar-refractivity contribution is -0.161. The molecule has 3 aliphatic rings. The number of aryl methyl sites for hydroxylation is 2. The zero-order valence-corrected chi connectivity index (χ0v) is 15.1. The lowest BCUT2D eigenvalue weighted by atomic mass is 9.69. The quantitative estimate of drug-likeness (QED) is 0.902. The molecule has 1 spiro atoms. The number of hydrogen-bond acceptors (Lipinski definition) is 2. The first-order chi connectivity index (χ1) is 11.3. The Morgan fingerprint density at radius 2 is 1.79 bits per heavy atom. The van der Waals surface area contributed by atoms with Gasteiger partial charge in [0.1, 0.15) is 0 Å². The van der Waals surface area contributed by atoms with Gasteiger partial charge in [-0.15, -0.1) is 0 Å². The molecule has 130 valence electrons. The SMILES string of the molecule is Cc1cccc(C)c1C1CCC2(C1)CN(C(=O)C1CC(C)(O)C1)C2. The van der Waals surface area contributed by atoms with Crippen molar-refractivity contribution in [2.45, 2.75) is 64.4 Å². The van der Waals surface area contributed by atoms with Crippen LogP contribution in [0.4, 0.5) is 0 Å². The summed E-state index contributed by atoms with van der Waals surface area (Å²) in [6, 6.07) is 6.61. The van der Waals surface area contributed by atoms with E-state index >= 15 is 0 Å². The first-order valence-corrected chi connectivity index (χ1v) is 9.36. The van der Waals surface area contributed by atoms with Gasteiger partial charge >= 0.3 is 0 Å². The van der Waals surface area contributed by atoms with Crippen LogP contribution < -0.4 is 0 Å². The molecule has 0 radical (unpaired) electrons. The molecule has 2 aliphatic carbocycles. The third-order valence-electron chi connectivity index (χ3n) is 6.74. The zero-order valence-electron chi connectivity index (χ0n) is 15.1. The molecule has 1 aromatic carbocycles. The van der Waals surface area contributed by atoms with Crippen molar-refractivity contribution >= 4 is 5.91 Å². The molecular weight excluding hydrogens is 298 g/mol. The van der Waals surface area contributed by atoms with Gasteiger partial charge in [0.2, 0.25) is 5.91 Å². The van der Waals surface area contributed by atoms with Crippen LogP contribution in [0.1, 0.15) is 61.6 Å². The van der Waals surface area contributed by atoms with Crippen LogP contribution in [0.15, 0.2) is 18.2 Å². The van der Waals surface area contributed by atoms with E-state index < -0.39 is 5.60 Å². The highest BCUT2D eigenvalue weighted by atomic mass is 16.3. The van der Waals surface area contributed by atoms with E-state index in [4.69, 9.17) is 0 Å². The molecule has 1 heterocycles. The summed E-state index contributed by atoms with van der Waals surface area (Å²) in [5.41, 5.74) is 4.14. The standard InChI is InChI=1S/C21H29NO2/c1-14-5-4-6-15(2)18(14)16-7-8-21(11-16)12-22(13-21)19(23)17-9-20(3,24)10-17/h4-6,16-17,24H,7-13H2,1-3H3. The number of benzene rings is 1. The average molecular weight is 327 g/mol. The Morgan fingerprint density at radius 1 is 1.17 bits per heavy atom. The van der Waals surface area contributed by atoms with Crippen LogP contribution in [-0.2, 0) is 4.79 Å². The monoisotopic (exact) mass is 327 g/mol. The fourth-order valence-corrected chi connectivity index (χ4v) is 5.57. The molecule has 3 heteroatoms. The van der Waals surface area contributed by atoms with Crippen molar-refractivity contribution in [3.8, 4) is 0 Å². The van der Waals surface area contributed by atoms with Crippen molar-refractivity contribution in [3.63, 3.8) is 0 Å². The second kappa shape index (κ2) is 5.32. The number of rotatable bonds is 2. The zero-order chi connectivity index (χ0) is 17.1. The number of aliphatic hydroxyl groups is 1. The van der Waals surface area contributed by atoms with Crippen molar-refractivity contribution in [3.05, 3.63) is 34.9 Å². The molecule has 1 aromatic rings. The summed E-state index contributed by atoms with van der Waals surface area (Å²) in [6.45, 7) is 8.16. The van der Waals surface area contributed by atoms with E-state index in [1.165, 1.54) is 30.4 Å². The lowest BCUT2D eigenvalue weighted by Gasteiger charge is -2.52. The Hall–Kier alpha value is -1.35. The van der Waals surface area contributed by atoms with Crippen LogP contribution in [0.3, 0.4) is 0 Å². The van der Waals surface area contributed by atoms with Crippen molar-refractivity contribution in [2.75, 3.05) is 13.1 Å². The molecule has 2 saturated carbocycles. The summed E-state index contributed by atoms with van der Waals surface area (Å²) in [4.78, 5) is 14.6. The number of hydrogen-bond donors (Lipinski definition) is 1. The van der Waals surface area contributed by atoms with Crippen LogP contribution >= 0.6 is 0 Å². The molecule has 3 nitrogen and oxygen atoms in total. The van der Waals surface area contributed by atoms with Crippen molar-refractivity contribution in [1.29, 1.82) is 0 Å². The number of nitrogens with zero attached hydrogens (tertiary/aromatic N) is 1. The first kappa shape index (κ1) is 16.1. The van der Waals surface area contributed by atoms with Gasteiger partial charge in [0.15, 0.2) is 0 Å². The summed E-state index contributed by atoms with van der Waals surface area (Å²) in [5, 5.41) is 9.85. The van der Waals surface area contributed by atoms with Gasteiger partial charge in [0, 0.05) is 24.4 Å². The molecule has 1 N–H and O–H groups in total. The Bertz CT molecular complexity index is 644. The minimum absolute atomic E-state index is 0.0631. The van der Waals surface area contributed by atoms with Gasteiger partial charge in [0.05, 0.1) is 5.60 Å². The van der Waals surface area contributed by atoms with Gasteiger partial charge in [-0.2, -0.15) is 0 Å². The van der Waals surface area contributed by atoms with Gasteiger partial charge in [0.25, 0.3) is 0 Å². The molecule has 24 heavy (non-hydrogen) atoms. The maximum Gasteiger partial charge on any atom is 0.225 e. The molecule has 0 bridgehead atoms. The van der Waals surface area contributed by atoms with Gasteiger partial charge in [-0.05, 0) is 75.5 Å². The average Bonchev–Trinajstić information content (AvgIpc) is 2.87. The van der Waals surface area contributed by atoms with Crippen LogP contribution in [0.25, 0.3) is 0 Å². The van der Waals surface area contributed by atoms with Crippen LogP contribution in [-0.4, -0.2) is 34.6 Å². The number of carbonyl (C=O) groups excluding carboxylic acids is 1. The van der Waals surface area contributed by atoms with E-state index in [0.717, 1.165) is 13.1 Å². The summed E-state index contributed by atoms with van der Waals surface area (Å²) in [7, 11) is 0. The predicted octanol–water partition coefficient (Wildman–Crippen LogP) is 3.56. The van der Waals surface area contributed by atoms with Crippen LogP contribution in [0, 0.1) is 25.2 Å². The Balaban J connectivity index is 1.38. The van der Waals surface area contributed by atoms with Crippen molar-refractivity contribution in [1.82, 2.24) is 4.90 Å². The second-order valence-corrected chi connectivity index (χ2v) is 9.04. The van der Waals surface area contributed by atoms with E-state index in [2.05, 4.69) is 32.0 Å². The third kappa shape index (κ3) is 2.57. The molecule has 1 unspecified atom stereocenters. The normalized spacial score (nSPS) is 34.1. The Kier molecular flexibility index (Phi) is 3.58. The van der Waals surface area contributed by atoms with E-state index in [1.807, 2.05) is 11.8 Å². The fourth-order valence-electron chi connectivity index (χ4n) is 5.57. The topological polar surface area (TPSA) is 40.5 Å². The molecule has 1 atom stereocenters. The van der Waals surface area contributed by atoms with E-state index in [1.54, 1.807) is 5.56 Å². The Morgan fingerprint density at radius 3 is 2.38 bits per heavy atom. The summed E-state index contributed by atoms with van der Waals surface area (Å²) >= 11 is 0. The Labute approximate surface area is 145 Å². The van der Waals surface area contributed by atoms with Gasteiger partial charge in [-0.1, -0.05) is 18.2 Å².